The van der Waals surface area contributed by atoms with E-state index in [-0.39, 0.29) is 17.0 Å². The van der Waals surface area contributed by atoms with E-state index < -0.39 is 10.0 Å². The Morgan fingerprint density at radius 3 is 2.45 bits per heavy atom. The van der Waals surface area contributed by atoms with Gasteiger partial charge >= 0.3 is 0 Å². The van der Waals surface area contributed by atoms with Gasteiger partial charge in [0.25, 0.3) is 0 Å². The molecule has 2 atom stereocenters. The van der Waals surface area contributed by atoms with E-state index in [0.29, 0.717) is 5.82 Å². The molecule has 3 aromatic rings. The maximum Gasteiger partial charge on any atom is 0.242 e. The molecule has 0 fully saturated rings. The van der Waals surface area contributed by atoms with Crippen molar-refractivity contribution in [1.82, 2.24) is 19.3 Å². The zero-order valence-corrected chi connectivity index (χ0v) is 17.7. The quantitative estimate of drug-likeness (QED) is 0.561. The van der Waals surface area contributed by atoms with Crippen molar-refractivity contribution in [2.45, 2.75) is 43.7 Å². The number of nitrogens with one attached hydrogen (secondary N) is 2. The van der Waals surface area contributed by atoms with Crippen LogP contribution in [0.1, 0.15) is 44.1 Å². The molecule has 0 radical (unpaired) electrons. The number of aryl methyl sites for hydroxylation is 1. The number of anilines is 1. The van der Waals surface area contributed by atoms with E-state index >= 15 is 0 Å². The van der Waals surface area contributed by atoms with Crippen LogP contribution in [0.15, 0.2) is 66.0 Å². The smallest absolute Gasteiger partial charge is 0.242 e. The van der Waals surface area contributed by atoms with Crippen molar-refractivity contribution < 1.29 is 8.42 Å². The predicted molar refractivity (Wildman–Crippen MR) is 114 cm³/mol. The molecule has 0 saturated carbocycles. The van der Waals surface area contributed by atoms with Crippen LogP contribution in [0.25, 0.3) is 0 Å². The second-order valence-electron chi connectivity index (χ2n) is 7.07. The Morgan fingerprint density at radius 1 is 1.10 bits per heavy atom. The van der Waals surface area contributed by atoms with Crippen molar-refractivity contribution in [2.24, 2.45) is 7.05 Å². The molecule has 3 rings (SSSR count). The molecule has 29 heavy (non-hydrogen) atoms. The van der Waals surface area contributed by atoms with Crippen molar-refractivity contribution in [2.75, 3.05) is 5.32 Å². The van der Waals surface area contributed by atoms with Crippen LogP contribution in [0.5, 0.6) is 0 Å². The van der Waals surface area contributed by atoms with Gasteiger partial charge in [0.2, 0.25) is 10.0 Å². The largest absolute Gasteiger partial charge is 0.356 e. The van der Waals surface area contributed by atoms with Crippen LogP contribution in [0.2, 0.25) is 0 Å². The summed E-state index contributed by atoms with van der Waals surface area (Å²) in [6, 6.07) is 12.9. The standard InChI is InChI=1S/C21H27N5O2S/c1-4-8-16(2)25-29(27,28)18-11-12-19(23-15-18)24-20(17-9-6-5-7-10-17)21-22-13-14-26(21)3/h5-7,9-16,20,25H,4,8H2,1-3H3,(H,23,24). The van der Waals surface area contributed by atoms with E-state index in [1.165, 1.54) is 6.20 Å². The van der Waals surface area contributed by atoms with Crippen LogP contribution < -0.4 is 10.0 Å². The third-order valence-corrected chi connectivity index (χ3v) is 6.24. The molecular formula is C21H27N5O2S. The molecule has 0 bridgehead atoms. The van der Waals surface area contributed by atoms with Crippen molar-refractivity contribution in [3.63, 3.8) is 0 Å². The molecule has 2 heterocycles. The summed E-state index contributed by atoms with van der Waals surface area (Å²) < 4.78 is 29.7. The topological polar surface area (TPSA) is 88.9 Å². The van der Waals surface area contributed by atoms with Gasteiger partial charge in [0.05, 0.1) is 0 Å². The Labute approximate surface area is 172 Å². The average molecular weight is 414 g/mol. The van der Waals surface area contributed by atoms with E-state index in [1.54, 1.807) is 18.3 Å². The summed E-state index contributed by atoms with van der Waals surface area (Å²) in [6.45, 7) is 3.89. The minimum atomic E-state index is -3.59. The van der Waals surface area contributed by atoms with Crippen molar-refractivity contribution in [3.8, 4) is 0 Å². The molecule has 154 valence electrons. The van der Waals surface area contributed by atoms with Crippen molar-refractivity contribution in [1.29, 1.82) is 0 Å². The Kier molecular flexibility index (Phi) is 6.66. The number of hydrogen-bond donors (Lipinski definition) is 2. The fourth-order valence-electron chi connectivity index (χ4n) is 3.20. The maximum absolute atomic E-state index is 12.5. The molecule has 2 unspecified atom stereocenters. The minimum Gasteiger partial charge on any atom is -0.356 e. The highest BCUT2D eigenvalue weighted by Crippen LogP contribution is 2.25. The molecule has 0 amide bonds. The highest BCUT2D eigenvalue weighted by Gasteiger charge is 2.20. The predicted octanol–water partition coefficient (Wildman–Crippen LogP) is 3.48. The Balaban J connectivity index is 1.82. The number of nitrogens with zero attached hydrogens (tertiary/aromatic N) is 3. The van der Waals surface area contributed by atoms with E-state index in [1.807, 2.05) is 62.0 Å². The number of imidazole rings is 1. The highest BCUT2D eigenvalue weighted by atomic mass is 32.2. The van der Waals surface area contributed by atoms with Gasteiger partial charge in [-0.15, -0.1) is 0 Å². The normalized spacial score (nSPS) is 13.8. The number of hydrogen-bond acceptors (Lipinski definition) is 5. The lowest BCUT2D eigenvalue weighted by Crippen LogP contribution is -2.32. The maximum atomic E-state index is 12.5. The van der Waals surface area contributed by atoms with Gasteiger partial charge in [-0.05, 0) is 31.0 Å². The lowest BCUT2D eigenvalue weighted by Gasteiger charge is -2.20. The molecular weight excluding hydrogens is 386 g/mol. The molecule has 8 heteroatoms. The lowest BCUT2D eigenvalue weighted by molar-refractivity contribution is 0.543. The number of rotatable bonds is 9. The van der Waals surface area contributed by atoms with Gasteiger partial charge < -0.3 is 9.88 Å². The molecule has 0 aliphatic carbocycles. The fraction of sp³-hybridized carbons (Fsp3) is 0.333. The minimum absolute atomic E-state index is 0.117. The summed E-state index contributed by atoms with van der Waals surface area (Å²) in [5.74, 6) is 1.41. The number of aromatic nitrogens is 3. The van der Waals surface area contributed by atoms with Crippen LogP contribution >= 0.6 is 0 Å². The van der Waals surface area contributed by atoms with Crippen molar-refractivity contribution in [3.05, 3.63) is 72.4 Å². The van der Waals surface area contributed by atoms with E-state index in [9.17, 15) is 8.42 Å². The van der Waals surface area contributed by atoms with Gasteiger partial charge in [0.1, 0.15) is 22.6 Å². The third kappa shape index (κ3) is 5.21. The van der Waals surface area contributed by atoms with Gasteiger partial charge in [-0.1, -0.05) is 43.7 Å². The Morgan fingerprint density at radius 2 is 1.86 bits per heavy atom. The van der Waals surface area contributed by atoms with Crippen molar-refractivity contribution >= 4 is 15.8 Å². The van der Waals surface area contributed by atoms with Gasteiger partial charge in [0.15, 0.2) is 0 Å². The molecule has 0 saturated heterocycles. The second kappa shape index (κ2) is 9.19. The lowest BCUT2D eigenvalue weighted by atomic mass is 10.1. The summed E-state index contributed by atoms with van der Waals surface area (Å²) in [5.41, 5.74) is 1.04. The molecule has 0 aliphatic heterocycles. The SMILES string of the molecule is CCCC(C)NS(=O)(=O)c1ccc(NC(c2ccccc2)c2nccn2C)nc1. The Bertz CT molecular complexity index is 1020. The second-order valence-corrected chi connectivity index (χ2v) is 8.79. The van der Waals surface area contributed by atoms with Gasteiger partial charge in [0, 0.05) is 31.7 Å². The first-order chi connectivity index (χ1) is 13.9. The molecule has 2 aromatic heterocycles. The van der Waals surface area contributed by atoms with E-state index in [2.05, 4.69) is 20.0 Å². The first kappa shape index (κ1) is 21.0. The highest BCUT2D eigenvalue weighted by molar-refractivity contribution is 7.89. The summed E-state index contributed by atoms with van der Waals surface area (Å²) in [6.07, 6.45) is 6.72. The molecule has 0 spiro atoms. The van der Waals surface area contributed by atoms with E-state index in [4.69, 9.17) is 0 Å². The van der Waals surface area contributed by atoms with E-state index in [0.717, 1.165) is 24.2 Å². The van der Waals surface area contributed by atoms with Gasteiger partial charge in [-0.25, -0.2) is 23.1 Å². The summed E-state index contributed by atoms with van der Waals surface area (Å²) in [4.78, 5) is 8.95. The zero-order valence-electron chi connectivity index (χ0n) is 16.9. The number of benzene rings is 1. The van der Waals surface area contributed by atoms with Gasteiger partial charge in [-0.2, -0.15) is 0 Å². The molecule has 2 N–H and O–H groups in total. The number of pyridine rings is 1. The zero-order chi connectivity index (χ0) is 20.9. The Hall–Kier alpha value is -2.71. The summed E-state index contributed by atoms with van der Waals surface area (Å²) in [7, 11) is -1.65. The van der Waals surface area contributed by atoms with Crippen LogP contribution in [-0.4, -0.2) is 29.0 Å². The monoisotopic (exact) mass is 413 g/mol. The third-order valence-electron chi connectivity index (χ3n) is 4.67. The summed E-state index contributed by atoms with van der Waals surface area (Å²) in [5, 5.41) is 3.37. The van der Waals surface area contributed by atoms with Gasteiger partial charge in [-0.3, -0.25) is 0 Å². The molecule has 7 nitrogen and oxygen atoms in total. The fourth-order valence-corrected chi connectivity index (χ4v) is 4.42. The first-order valence-electron chi connectivity index (χ1n) is 9.67. The molecule has 1 aromatic carbocycles. The van der Waals surface area contributed by atoms with Crippen LogP contribution in [0.3, 0.4) is 0 Å². The molecule has 0 aliphatic rings. The van der Waals surface area contributed by atoms with Crippen LogP contribution in [0.4, 0.5) is 5.82 Å². The number of sulfonamides is 1. The summed E-state index contributed by atoms with van der Waals surface area (Å²) >= 11 is 0. The van der Waals surface area contributed by atoms with Crippen LogP contribution in [-0.2, 0) is 17.1 Å². The van der Waals surface area contributed by atoms with Crippen LogP contribution in [0, 0.1) is 0 Å². The average Bonchev–Trinajstić information content (AvgIpc) is 3.12. The first-order valence-corrected chi connectivity index (χ1v) is 11.2.